The topological polar surface area (TPSA) is 97.0 Å². The second-order valence-corrected chi connectivity index (χ2v) is 8.11. The largest absolute Gasteiger partial charge is 0.444 e. The molecule has 3 amide bonds. The number of ether oxygens (including phenoxy) is 2. The average molecular weight is 379 g/mol. The summed E-state index contributed by atoms with van der Waals surface area (Å²) in [5.74, 6) is -0.479. The van der Waals surface area contributed by atoms with Crippen LogP contribution >= 0.6 is 0 Å². The SMILES string of the molecule is CN(Cc1ccc(C(=O)NNC(=O)OC(C)(C)C)cc1)C(=O)OC(C)(C)C. The second kappa shape index (κ2) is 8.75. The Morgan fingerprint density at radius 2 is 1.41 bits per heavy atom. The van der Waals surface area contributed by atoms with Gasteiger partial charge < -0.3 is 14.4 Å². The predicted molar refractivity (Wildman–Crippen MR) is 101 cm³/mol. The number of nitrogens with zero attached hydrogens (tertiary/aromatic N) is 1. The summed E-state index contributed by atoms with van der Waals surface area (Å²) < 4.78 is 10.3. The van der Waals surface area contributed by atoms with Crippen LogP contribution in [-0.2, 0) is 16.0 Å². The molecule has 1 aromatic rings. The first kappa shape index (κ1) is 22.3. The lowest BCUT2D eigenvalue weighted by Gasteiger charge is -2.24. The lowest BCUT2D eigenvalue weighted by molar-refractivity contribution is 0.0284. The smallest absolute Gasteiger partial charge is 0.426 e. The summed E-state index contributed by atoms with van der Waals surface area (Å²) in [4.78, 5) is 37.0. The van der Waals surface area contributed by atoms with E-state index in [4.69, 9.17) is 9.47 Å². The lowest BCUT2D eigenvalue weighted by atomic mass is 10.1. The quantitative estimate of drug-likeness (QED) is 0.786. The lowest BCUT2D eigenvalue weighted by Crippen LogP contribution is -2.44. The van der Waals surface area contributed by atoms with Crippen molar-refractivity contribution in [3.63, 3.8) is 0 Å². The molecular weight excluding hydrogens is 350 g/mol. The maximum absolute atomic E-state index is 12.0. The molecule has 0 aromatic heterocycles. The van der Waals surface area contributed by atoms with E-state index in [1.54, 1.807) is 72.9 Å². The highest BCUT2D eigenvalue weighted by atomic mass is 16.6. The van der Waals surface area contributed by atoms with E-state index in [2.05, 4.69) is 10.9 Å². The molecule has 0 bridgehead atoms. The third kappa shape index (κ3) is 8.94. The molecule has 1 aromatic carbocycles. The Labute approximate surface area is 160 Å². The monoisotopic (exact) mass is 379 g/mol. The second-order valence-electron chi connectivity index (χ2n) is 8.11. The third-order valence-electron chi connectivity index (χ3n) is 3.02. The summed E-state index contributed by atoms with van der Waals surface area (Å²) in [7, 11) is 1.64. The van der Waals surface area contributed by atoms with Crippen molar-refractivity contribution in [2.45, 2.75) is 59.3 Å². The molecular formula is C19H29N3O5. The van der Waals surface area contributed by atoms with Crippen molar-refractivity contribution in [3.8, 4) is 0 Å². The number of benzene rings is 1. The molecule has 2 N–H and O–H groups in total. The van der Waals surface area contributed by atoms with E-state index >= 15 is 0 Å². The molecule has 0 heterocycles. The van der Waals surface area contributed by atoms with E-state index in [-0.39, 0.29) is 0 Å². The fourth-order valence-corrected chi connectivity index (χ4v) is 1.92. The molecule has 0 saturated carbocycles. The van der Waals surface area contributed by atoms with Crippen LogP contribution in [-0.4, -0.2) is 41.2 Å². The van der Waals surface area contributed by atoms with Gasteiger partial charge in [0.25, 0.3) is 5.91 Å². The Morgan fingerprint density at radius 3 is 1.89 bits per heavy atom. The minimum Gasteiger partial charge on any atom is -0.444 e. The Bertz CT molecular complexity index is 672. The Kier molecular flexibility index (Phi) is 7.21. The van der Waals surface area contributed by atoms with Crippen molar-refractivity contribution in [1.29, 1.82) is 0 Å². The molecule has 1 rings (SSSR count). The zero-order chi connectivity index (χ0) is 20.8. The summed E-state index contributed by atoms with van der Waals surface area (Å²) in [6, 6.07) is 6.65. The van der Waals surface area contributed by atoms with Crippen molar-refractivity contribution < 1.29 is 23.9 Å². The molecule has 8 nitrogen and oxygen atoms in total. The summed E-state index contributed by atoms with van der Waals surface area (Å²) in [6.45, 7) is 10.9. The van der Waals surface area contributed by atoms with Crippen LogP contribution in [0.3, 0.4) is 0 Å². The molecule has 0 unspecified atom stereocenters. The molecule has 0 spiro atoms. The van der Waals surface area contributed by atoms with Gasteiger partial charge in [0.1, 0.15) is 11.2 Å². The van der Waals surface area contributed by atoms with Crippen LogP contribution in [0.5, 0.6) is 0 Å². The first-order chi connectivity index (χ1) is 12.3. The maximum Gasteiger partial charge on any atom is 0.426 e. The predicted octanol–water partition coefficient (Wildman–Crippen LogP) is 3.22. The van der Waals surface area contributed by atoms with Gasteiger partial charge in [0.05, 0.1) is 0 Å². The van der Waals surface area contributed by atoms with Crippen LogP contribution in [0.4, 0.5) is 9.59 Å². The van der Waals surface area contributed by atoms with Crippen molar-refractivity contribution in [1.82, 2.24) is 15.8 Å². The summed E-state index contributed by atoms with van der Waals surface area (Å²) >= 11 is 0. The van der Waals surface area contributed by atoms with Crippen LogP contribution in [0.15, 0.2) is 24.3 Å². The van der Waals surface area contributed by atoms with E-state index in [0.29, 0.717) is 12.1 Å². The highest BCUT2D eigenvalue weighted by Gasteiger charge is 2.20. The molecule has 0 fully saturated rings. The number of carbonyl (C=O) groups excluding carboxylic acids is 3. The highest BCUT2D eigenvalue weighted by Crippen LogP contribution is 2.12. The van der Waals surface area contributed by atoms with Crippen molar-refractivity contribution in [3.05, 3.63) is 35.4 Å². The number of hydrogen-bond donors (Lipinski definition) is 2. The number of carbonyl (C=O) groups is 3. The van der Waals surface area contributed by atoms with Gasteiger partial charge in [0.15, 0.2) is 0 Å². The molecule has 0 aliphatic heterocycles. The number of nitrogens with one attached hydrogen (secondary N) is 2. The fraction of sp³-hybridized carbons (Fsp3) is 0.526. The van der Waals surface area contributed by atoms with Crippen LogP contribution < -0.4 is 10.9 Å². The Balaban J connectivity index is 2.57. The average Bonchev–Trinajstić information content (AvgIpc) is 2.50. The summed E-state index contributed by atoms with van der Waals surface area (Å²) in [5.41, 5.74) is 4.44. The molecule has 0 aliphatic rings. The molecule has 0 radical (unpaired) electrons. The normalized spacial score (nSPS) is 11.4. The summed E-state index contributed by atoms with van der Waals surface area (Å²) in [6.07, 6.45) is -1.17. The minimum absolute atomic E-state index is 0.340. The van der Waals surface area contributed by atoms with Crippen LogP contribution in [0, 0.1) is 0 Å². The third-order valence-corrected chi connectivity index (χ3v) is 3.02. The van der Waals surface area contributed by atoms with E-state index in [1.165, 1.54) is 4.90 Å². The first-order valence-corrected chi connectivity index (χ1v) is 8.59. The van der Waals surface area contributed by atoms with Gasteiger partial charge in [-0.2, -0.15) is 0 Å². The van der Waals surface area contributed by atoms with Crippen molar-refractivity contribution in [2.24, 2.45) is 0 Å². The van der Waals surface area contributed by atoms with Gasteiger partial charge in [0, 0.05) is 19.2 Å². The van der Waals surface area contributed by atoms with Gasteiger partial charge in [0.2, 0.25) is 0 Å². The van der Waals surface area contributed by atoms with Gasteiger partial charge in [-0.15, -0.1) is 0 Å². The number of hydrogen-bond acceptors (Lipinski definition) is 5. The first-order valence-electron chi connectivity index (χ1n) is 8.59. The van der Waals surface area contributed by atoms with Gasteiger partial charge in [-0.25, -0.2) is 15.0 Å². The van der Waals surface area contributed by atoms with E-state index in [9.17, 15) is 14.4 Å². The van der Waals surface area contributed by atoms with Crippen LogP contribution in [0.2, 0.25) is 0 Å². The van der Waals surface area contributed by atoms with Gasteiger partial charge in [-0.3, -0.25) is 10.2 Å². The molecule has 150 valence electrons. The van der Waals surface area contributed by atoms with E-state index in [1.807, 2.05) is 0 Å². The number of amides is 3. The van der Waals surface area contributed by atoms with Gasteiger partial charge in [-0.1, -0.05) is 12.1 Å². The fourth-order valence-electron chi connectivity index (χ4n) is 1.92. The zero-order valence-electron chi connectivity index (χ0n) is 17.0. The molecule has 27 heavy (non-hydrogen) atoms. The number of hydrazine groups is 1. The standard InChI is InChI=1S/C19H29N3O5/c1-18(2,3)26-16(24)21-20-15(23)14-10-8-13(9-11-14)12-22(7)17(25)27-19(4,5)6/h8-11H,12H2,1-7H3,(H,20,23)(H,21,24). The molecule has 0 aliphatic carbocycles. The van der Waals surface area contributed by atoms with Gasteiger partial charge in [-0.05, 0) is 59.2 Å². The highest BCUT2D eigenvalue weighted by molar-refractivity contribution is 5.94. The summed E-state index contributed by atoms with van der Waals surface area (Å²) in [5, 5.41) is 0. The Hall–Kier alpha value is -2.77. The van der Waals surface area contributed by atoms with E-state index < -0.39 is 29.3 Å². The van der Waals surface area contributed by atoms with Gasteiger partial charge >= 0.3 is 12.2 Å². The van der Waals surface area contributed by atoms with Crippen LogP contribution in [0.1, 0.15) is 57.5 Å². The maximum atomic E-state index is 12.0. The molecule has 0 saturated heterocycles. The van der Waals surface area contributed by atoms with E-state index in [0.717, 1.165) is 5.56 Å². The van der Waals surface area contributed by atoms with Crippen molar-refractivity contribution >= 4 is 18.1 Å². The molecule has 0 atom stereocenters. The van der Waals surface area contributed by atoms with Crippen LogP contribution in [0.25, 0.3) is 0 Å². The molecule has 8 heteroatoms. The number of rotatable bonds is 3. The minimum atomic E-state index is -0.744. The Morgan fingerprint density at radius 1 is 0.889 bits per heavy atom. The zero-order valence-corrected chi connectivity index (χ0v) is 17.0. The van der Waals surface area contributed by atoms with Crippen molar-refractivity contribution in [2.75, 3.05) is 7.05 Å².